The van der Waals surface area contributed by atoms with Crippen LogP contribution in [0.3, 0.4) is 0 Å². The van der Waals surface area contributed by atoms with Crippen molar-refractivity contribution >= 4 is 0 Å². The van der Waals surface area contributed by atoms with Crippen molar-refractivity contribution in [2.45, 2.75) is 195 Å². The van der Waals surface area contributed by atoms with E-state index in [1.807, 2.05) is 119 Å². The van der Waals surface area contributed by atoms with Crippen LogP contribution in [0.1, 0.15) is 214 Å². The first kappa shape index (κ1) is 61.2. The summed E-state index contributed by atoms with van der Waals surface area (Å²) in [5.74, 6) is -4.01. The quantitative estimate of drug-likeness (QED) is 0.0967. The number of aromatic nitrogens is 5. The Labute approximate surface area is 606 Å². The van der Waals surface area contributed by atoms with Gasteiger partial charge in [0.2, 0.25) is 28.5 Å². The number of pyridine rings is 5. The van der Waals surface area contributed by atoms with Crippen LogP contribution in [0.5, 0.6) is 0 Å². The third-order valence-corrected chi connectivity index (χ3v) is 17.8. The van der Waals surface area contributed by atoms with Gasteiger partial charge in [-0.15, -0.1) is 0 Å². The molecule has 0 saturated heterocycles. The zero-order chi connectivity index (χ0) is 82.0. The fourth-order valence-corrected chi connectivity index (χ4v) is 12.5. The molecule has 97 heavy (non-hydrogen) atoms. The van der Waals surface area contributed by atoms with Gasteiger partial charge in [-0.05, 0) is 202 Å². The Kier molecular flexibility index (Phi) is 22.3. The van der Waals surface area contributed by atoms with Gasteiger partial charge in [0.25, 0.3) is 0 Å². The van der Waals surface area contributed by atoms with Gasteiger partial charge in [-0.2, -0.15) is 0 Å². The van der Waals surface area contributed by atoms with E-state index in [0.717, 1.165) is 57.6 Å². The monoisotopic (exact) mass is 1310 g/mol. The van der Waals surface area contributed by atoms with Gasteiger partial charge >= 0.3 is 0 Å². The van der Waals surface area contributed by atoms with Crippen LogP contribution >= 0.6 is 0 Å². The number of benzene rings is 5. The molecule has 3 atom stereocenters. The Hall–Kier alpha value is -8.15. The van der Waals surface area contributed by atoms with Crippen LogP contribution in [0.25, 0.3) is 56.3 Å². The zero-order valence-electron chi connectivity index (χ0n) is 75.5. The lowest BCUT2D eigenvalue weighted by Gasteiger charge is -2.19. The predicted octanol–water partition coefficient (Wildman–Crippen LogP) is 21.3. The minimum absolute atomic E-state index is 0.0551. The average Bonchev–Trinajstić information content (AvgIpc) is 0.760. The Morgan fingerprint density at radius 2 is 0.742 bits per heavy atom. The average molecular weight is 1310 g/mol. The SMILES string of the molecule is Cc1cc(-c2ccccc2C)[n+](C)cc1CC(C)(C)C.Cc1cc(-c2ccccc2C)[n+](C)cc1CC(C)C.[2H]C([2H])([2H])C([2H])(C)c1c[n+](C)c(-c2ccccc2C)cc1CC.[2H]C([2H])(c1c[n+](C)c(-c2ccccc2C)cc1C)C(C)C.[2H]CC([2H])(C)c1cc(C([2H])(C)C([2H])([2H])[2H])c(-c2ccccc2C)[n+](C)c1. The smallest absolute Gasteiger partial charge is 0.201 e. The molecule has 0 fully saturated rings. The van der Waals surface area contributed by atoms with Gasteiger partial charge in [0.1, 0.15) is 35.2 Å². The number of hydrogen-bond acceptors (Lipinski definition) is 0. The summed E-state index contributed by atoms with van der Waals surface area (Å²) >= 11 is 0. The number of nitrogens with zero attached hydrogens (tertiary/aromatic N) is 5. The van der Waals surface area contributed by atoms with Crippen LogP contribution < -0.4 is 22.8 Å². The van der Waals surface area contributed by atoms with Crippen molar-refractivity contribution in [1.29, 1.82) is 0 Å². The van der Waals surface area contributed by atoms with Crippen molar-refractivity contribution in [3.8, 4) is 56.3 Å². The van der Waals surface area contributed by atoms with E-state index in [1.54, 1.807) is 37.0 Å². The molecular formula is C92H124N5+5. The molecule has 10 rings (SSSR count). The van der Waals surface area contributed by atoms with Gasteiger partial charge in [0.15, 0.2) is 31.0 Å². The van der Waals surface area contributed by atoms with Crippen molar-refractivity contribution < 1.29 is 39.3 Å². The molecule has 0 aliphatic heterocycles. The Morgan fingerprint density at radius 1 is 0.381 bits per heavy atom. The maximum atomic E-state index is 8.65. The molecule has 0 amide bonds. The lowest BCUT2D eigenvalue weighted by Crippen LogP contribution is -2.33. The van der Waals surface area contributed by atoms with Crippen molar-refractivity contribution in [1.82, 2.24) is 0 Å². The summed E-state index contributed by atoms with van der Waals surface area (Å²) in [6.45, 7) is 33.6. The molecule has 5 aromatic heterocycles. The third kappa shape index (κ3) is 21.4. The first-order valence-corrected chi connectivity index (χ1v) is 34.6. The van der Waals surface area contributed by atoms with E-state index >= 15 is 0 Å². The Bertz CT molecular complexity index is 4780. The fourth-order valence-electron chi connectivity index (χ4n) is 12.5. The maximum absolute atomic E-state index is 8.65. The van der Waals surface area contributed by atoms with Gasteiger partial charge in [0, 0.05) is 102 Å². The van der Waals surface area contributed by atoms with E-state index in [9.17, 15) is 0 Å². The van der Waals surface area contributed by atoms with E-state index in [-0.39, 0.29) is 12.8 Å². The van der Waals surface area contributed by atoms with Gasteiger partial charge in [-0.3, -0.25) is 0 Å². The van der Waals surface area contributed by atoms with Gasteiger partial charge in [-0.1, -0.05) is 188 Å². The second kappa shape index (κ2) is 35.4. The highest BCUT2D eigenvalue weighted by Crippen LogP contribution is 2.33. The van der Waals surface area contributed by atoms with Crippen LogP contribution in [0.15, 0.2) is 183 Å². The standard InChI is InChI=1S/2C19H26N.3C18H24N/c1-14-9-7-8-10-17(14)18-11-15(2)16(13-20(18)6)12-19(3,4)5;1-13(2)16-11-18(14(3)4)19(20(6)12-16)17-10-8-7-9-15(17)5;2*1-13(2)10-16-12-19(5)18(11-15(16)4)17-9-7-6-8-14(17)3;1-6-15-11-18(16-10-8-7-9-14(16)4)19(5)12-17(15)13(2)3/h7-11,13H,12H2,1-6H3;7-14H,1-6H3;2*6-9,11-13H,10H2,1-5H3;7-13H,6H2,1-5H3/q5*+1/i;1D,3D3,13D,14D;10D2;;2D3,13D. The second-order valence-corrected chi connectivity index (χ2v) is 28.7. The van der Waals surface area contributed by atoms with Crippen molar-refractivity contribution in [2.24, 2.45) is 52.5 Å². The summed E-state index contributed by atoms with van der Waals surface area (Å²) in [7, 11) is 9.98. The predicted molar refractivity (Wildman–Crippen MR) is 415 cm³/mol. The summed E-state index contributed by atoms with van der Waals surface area (Å²) in [5, 5.41) is 0. The highest BCUT2D eigenvalue weighted by molar-refractivity contribution is 5.67. The van der Waals surface area contributed by atoms with E-state index in [2.05, 4.69) is 203 Å². The van der Waals surface area contributed by atoms with Crippen LogP contribution in [-0.2, 0) is 60.9 Å². The largest absolute Gasteiger partial charge is 0.216 e. The zero-order valence-corrected chi connectivity index (χ0v) is 63.5. The molecule has 5 nitrogen and oxygen atoms in total. The topological polar surface area (TPSA) is 19.4 Å². The van der Waals surface area contributed by atoms with E-state index in [1.165, 1.54) is 86.4 Å². The first-order chi connectivity index (χ1) is 50.4. The van der Waals surface area contributed by atoms with Gasteiger partial charge in [0.05, 0.1) is 0 Å². The third-order valence-electron chi connectivity index (χ3n) is 17.8. The summed E-state index contributed by atoms with van der Waals surface area (Å²) in [6.07, 6.45) is 11.7. The van der Waals surface area contributed by atoms with Crippen LogP contribution in [0.2, 0.25) is 0 Å². The normalized spacial score (nSPS) is 15.3. The molecule has 0 radical (unpaired) electrons. The summed E-state index contributed by atoms with van der Waals surface area (Å²) in [4.78, 5) is 0. The minimum atomic E-state index is -2.53. The number of rotatable bonds is 14. The molecule has 3 unspecified atom stereocenters. The molecule has 0 saturated carbocycles. The van der Waals surface area contributed by atoms with Gasteiger partial charge < -0.3 is 0 Å². The molecule has 0 bridgehead atoms. The van der Waals surface area contributed by atoms with Crippen molar-refractivity contribution in [3.05, 3.63) is 266 Å². The Morgan fingerprint density at radius 3 is 1.12 bits per heavy atom. The van der Waals surface area contributed by atoms with Gasteiger partial charge in [-0.25, -0.2) is 22.8 Å². The molecule has 0 aliphatic carbocycles. The lowest BCUT2D eigenvalue weighted by molar-refractivity contribution is -0.661. The van der Waals surface area contributed by atoms with E-state index in [0.29, 0.717) is 40.1 Å². The number of hydrogen-bond donors (Lipinski definition) is 0. The highest BCUT2D eigenvalue weighted by atomic mass is 14.9. The van der Waals surface area contributed by atoms with Crippen LogP contribution in [0.4, 0.5) is 0 Å². The molecule has 0 spiro atoms. The molecule has 0 N–H and O–H groups in total. The summed E-state index contributed by atoms with van der Waals surface area (Å²) in [5.41, 5.74) is 27.4. The van der Waals surface area contributed by atoms with Crippen LogP contribution in [-0.4, -0.2) is 0 Å². The second-order valence-electron chi connectivity index (χ2n) is 28.7. The molecular weight excluding hydrogens is 1180 g/mol. The fraction of sp³-hybridized carbons (Fsp3) is 0.402. The molecule has 0 aliphatic rings. The highest BCUT2D eigenvalue weighted by Gasteiger charge is 2.25. The molecule has 10 aromatic rings. The minimum Gasteiger partial charge on any atom is -0.201 e. The number of aryl methyl sites for hydroxylation is 14. The van der Waals surface area contributed by atoms with Crippen molar-refractivity contribution in [3.63, 3.8) is 0 Å². The van der Waals surface area contributed by atoms with Crippen molar-refractivity contribution in [2.75, 3.05) is 0 Å². The summed E-state index contributed by atoms with van der Waals surface area (Å²) in [6, 6.07) is 51.6. The molecule has 512 valence electrons. The Balaban J connectivity index is 0.000000214. The molecule has 5 heteroatoms. The van der Waals surface area contributed by atoms with E-state index < -0.39 is 37.8 Å². The first-order valence-electron chi connectivity index (χ1n) is 40.8. The van der Waals surface area contributed by atoms with E-state index in [4.69, 9.17) is 16.4 Å². The summed E-state index contributed by atoms with van der Waals surface area (Å²) < 4.78 is 107. The molecule has 5 heterocycles. The lowest BCUT2D eigenvalue weighted by atomic mass is 9.87. The van der Waals surface area contributed by atoms with Crippen LogP contribution in [0, 0.1) is 72.6 Å². The molecule has 5 aromatic carbocycles. The maximum Gasteiger partial charge on any atom is 0.216 e.